The maximum Gasteiger partial charge on any atom is 0.0679 e. The van der Waals surface area contributed by atoms with Gasteiger partial charge in [-0.25, -0.2) is 0 Å². The molecule has 0 amide bonds. The van der Waals surface area contributed by atoms with Gasteiger partial charge in [0.2, 0.25) is 0 Å². The average molecular weight is 256 g/mol. The fraction of sp³-hybridized carbons (Fsp3) is 0.111. The Balaban J connectivity index is 3.17. The first-order valence-electron chi connectivity index (χ1n) is 3.53. The fourth-order valence-electron chi connectivity index (χ4n) is 0.858. The van der Waals surface area contributed by atoms with Gasteiger partial charge < -0.3 is 0 Å². The molecule has 13 heavy (non-hydrogen) atoms. The van der Waals surface area contributed by atoms with Crippen LogP contribution in [0.1, 0.15) is 5.56 Å². The Morgan fingerprint density at radius 1 is 1.08 bits per heavy atom. The Morgan fingerprint density at radius 2 is 1.69 bits per heavy atom. The normalized spacial score (nSPS) is 11.1. The third-order valence-corrected chi connectivity index (χ3v) is 2.78. The molecular weight excluding hydrogens is 250 g/mol. The maximum absolute atomic E-state index is 5.92. The first-order valence-corrected chi connectivity index (χ1v) is 5.19. The summed E-state index contributed by atoms with van der Waals surface area (Å²) in [6.45, 7) is 0. The molecule has 0 aromatic heterocycles. The zero-order chi connectivity index (χ0) is 9.84. The summed E-state index contributed by atoms with van der Waals surface area (Å²) in [4.78, 5) is 0. The number of hydrogen-bond donors (Lipinski definition) is 0. The van der Waals surface area contributed by atoms with E-state index in [9.17, 15) is 0 Å². The average Bonchev–Trinajstić information content (AvgIpc) is 2.12. The lowest BCUT2D eigenvalue weighted by Gasteiger charge is -2.02. The summed E-state index contributed by atoms with van der Waals surface area (Å²) >= 11 is 23.1. The highest BCUT2D eigenvalue weighted by molar-refractivity contribution is 6.44. The molecule has 0 radical (unpaired) electrons. The van der Waals surface area contributed by atoms with Gasteiger partial charge in [-0.1, -0.05) is 47.0 Å². The minimum atomic E-state index is 0.416. The van der Waals surface area contributed by atoms with Crippen molar-refractivity contribution in [3.8, 4) is 0 Å². The van der Waals surface area contributed by atoms with Crippen LogP contribution in [0.2, 0.25) is 15.1 Å². The second-order valence-corrected chi connectivity index (χ2v) is 3.81. The number of alkyl halides is 1. The van der Waals surface area contributed by atoms with E-state index in [1.54, 1.807) is 24.3 Å². The van der Waals surface area contributed by atoms with E-state index >= 15 is 0 Å². The standard InChI is InChI=1S/C9H6Cl4/c10-5-1-2-6-7(11)3-4-8(12)9(6)13/h1-4H,5H2/b2-1+. The molecule has 4 heteroatoms. The van der Waals surface area contributed by atoms with Gasteiger partial charge in [-0.2, -0.15) is 0 Å². The van der Waals surface area contributed by atoms with Crippen molar-refractivity contribution in [3.63, 3.8) is 0 Å². The Kier molecular flexibility index (Phi) is 4.40. The molecule has 70 valence electrons. The number of allylic oxidation sites excluding steroid dienone is 1. The molecule has 1 aromatic carbocycles. The van der Waals surface area contributed by atoms with Crippen molar-refractivity contribution in [3.05, 3.63) is 38.8 Å². The molecule has 0 saturated heterocycles. The van der Waals surface area contributed by atoms with Crippen LogP contribution in [0, 0.1) is 0 Å². The van der Waals surface area contributed by atoms with E-state index in [0.29, 0.717) is 26.5 Å². The van der Waals surface area contributed by atoms with Crippen LogP contribution in [0.4, 0.5) is 0 Å². The van der Waals surface area contributed by atoms with Crippen molar-refractivity contribution in [1.29, 1.82) is 0 Å². The summed E-state index contributed by atoms with van der Waals surface area (Å²) in [5, 5.41) is 1.51. The minimum Gasteiger partial charge on any atom is -0.122 e. The van der Waals surface area contributed by atoms with Crippen LogP contribution in [0.5, 0.6) is 0 Å². The molecule has 0 heterocycles. The molecule has 0 fully saturated rings. The summed E-state index contributed by atoms with van der Waals surface area (Å²) in [5.41, 5.74) is 0.705. The summed E-state index contributed by atoms with van der Waals surface area (Å²) in [5.74, 6) is 0.416. The summed E-state index contributed by atoms with van der Waals surface area (Å²) in [6.07, 6.45) is 3.51. The highest BCUT2D eigenvalue weighted by Crippen LogP contribution is 2.32. The van der Waals surface area contributed by atoms with Gasteiger partial charge in [-0.15, -0.1) is 11.6 Å². The second-order valence-electron chi connectivity index (χ2n) is 2.31. The smallest absolute Gasteiger partial charge is 0.0679 e. The third-order valence-electron chi connectivity index (χ3n) is 1.45. The van der Waals surface area contributed by atoms with Gasteiger partial charge in [0.05, 0.1) is 10.0 Å². The third kappa shape index (κ3) is 2.78. The Hall–Kier alpha value is 0.120. The lowest BCUT2D eigenvalue weighted by atomic mass is 10.2. The van der Waals surface area contributed by atoms with Crippen molar-refractivity contribution in [2.45, 2.75) is 0 Å². The first kappa shape index (κ1) is 11.2. The van der Waals surface area contributed by atoms with E-state index < -0.39 is 0 Å². The van der Waals surface area contributed by atoms with Gasteiger partial charge in [0.15, 0.2) is 0 Å². The minimum absolute atomic E-state index is 0.416. The Labute approximate surface area is 97.0 Å². The lowest BCUT2D eigenvalue weighted by Crippen LogP contribution is -1.79. The van der Waals surface area contributed by atoms with Gasteiger partial charge in [-0.3, -0.25) is 0 Å². The molecular formula is C9H6Cl4. The number of rotatable bonds is 2. The molecule has 1 aromatic rings. The summed E-state index contributed by atoms with van der Waals surface area (Å²) in [6, 6.07) is 3.36. The molecule has 0 aliphatic carbocycles. The molecule has 1 rings (SSSR count). The highest BCUT2D eigenvalue weighted by atomic mass is 35.5. The van der Waals surface area contributed by atoms with Gasteiger partial charge in [0.25, 0.3) is 0 Å². The van der Waals surface area contributed by atoms with E-state index in [0.717, 1.165) is 0 Å². The fourth-order valence-corrected chi connectivity index (χ4v) is 1.61. The predicted octanol–water partition coefficient (Wildman–Crippen LogP) is 4.90. The molecule has 0 nitrogen and oxygen atoms in total. The zero-order valence-electron chi connectivity index (χ0n) is 6.53. The molecule has 0 N–H and O–H groups in total. The van der Waals surface area contributed by atoms with E-state index in [1.807, 2.05) is 0 Å². The van der Waals surface area contributed by atoms with Crippen molar-refractivity contribution in [1.82, 2.24) is 0 Å². The predicted molar refractivity (Wildman–Crippen MR) is 61.2 cm³/mol. The van der Waals surface area contributed by atoms with Crippen LogP contribution in [-0.2, 0) is 0 Å². The highest BCUT2D eigenvalue weighted by Gasteiger charge is 2.05. The van der Waals surface area contributed by atoms with Crippen LogP contribution in [0.3, 0.4) is 0 Å². The van der Waals surface area contributed by atoms with Crippen molar-refractivity contribution in [2.75, 3.05) is 5.88 Å². The van der Waals surface area contributed by atoms with E-state index in [1.165, 1.54) is 0 Å². The molecule has 0 atom stereocenters. The van der Waals surface area contributed by atoms with Crippen LogP contribution in [0.25, 0.3) is 6.08 Å². The molecule has 0 bridgehead atoms. The van der Waals surface area contributed by atoms with E-state index in [4.69, 9.17) is 46.4 Å². The van der Waals surface area contributed by atoms with Crippen molar-refractivity contribution >= 4 is 52.5 Å². The van der Waals surface area contributed by atoms with Gasteiger partial charge >= 0.3 is 0 Å². The van der Waals surface area contributed by atoms with Crippen molar-refractivity contribution < 1.29 is 0 Å². The number of halogens is 4. The second kappa shape index (κ2) is 5.11. The van der Waals surface area contributed by atoms with Gasteiger partial charge in [-0.05, 0) is 12.1 Å². The van der Waals surface area contributed by atoms with Crippen LogP contribution in [0.15, 0.2) is 18.2 Å². The van der Waals surface area contributed by atoms with Crippen LogP contribution in [-0.4, -0.2) is 5.88 Å². The number of hydrogen-bond acceptors (Lipinski definition) is 0. The molecule has 0 saturated carbocycles. The molecule has 0 unspecified atom stereocenters. The number of benzene rings is 1. The van der Waals surface area contributed by atoms with Crippen LogP contribution >= 0.6 is 46.4 Å². The lowest BCUT2D eigenvalue weighted by molar-refractivity contribution is 1.64. The Bertz CT molecular complexity index is 331. The van der Waals surface area contributed by atoms with E-state index in [-0.39, 0.29) is 0 Å². The maximum atomic E-state index is 5.92. The zero-order valence-corrected chi connectivity index (χ0v) is 9.55. The molecule has 0 aliphatic heterocycles. The van der Waals surface area contributed by atoms with Gasteiger partial charge in [0, 0.05) is 16.5 Å². The quantitative estimate of drug-likeness (QED) is 0.521. The summed E-state index contributed by atoms with van der Waals surface area (Å²) < 4.78 is 0. The van der Waals surface area contributed by atoms with Crippen LogP contribution < -0.4 is 0 Å². The molecule has 0 aliphatic rings. The largest absolute Gasteiger partial charge is 0.122 e. The monoisotopic (exact) mass is 254 g/mol. The van der Waals surface area contributed by atoms with E-state index in [2.05, 4.69) is 0 Å². The topological polar surface area (TPSA) is 0 Å². The summed E-state index contributed by atoms with van der Waals surface area (Å²) in [7, 11) is 0. The SMILES string of the molecule is ClC/C=C/c1c(Cl)ccc(Cl)c1Cl. The molecule has 0 spiro atoms. The Morgan fingerprint density at radius 3 is 2.31 bits per heavy atom. The van der Waals surface area contributed by atoms with Crippen molar-refractivity contribution in [2.24, 2.45) is 0 Å². The van der Waals surface area contributed by atoms with Gasteiger partial charge in [0.1, 0.15) is 0 Å². The first-order chi connectivity index (χ1) is 6.16.